The molecule has 0 aliphatic carbocycles. The molecule has 1 saturated heterocycles. The van der Waals surface area contributed by atoms with Gasteiger partial charge in [0.1, 0.15) is 0 Å². The topological polar surface area (TPSA) is 15.3 Å². The van der Waals surface area contributed by atoms with Crippen molar-refractivity contribution in [3.8, 4) is 0 Å². The minimum atomic E-state index is 0.539. The first-order chi connectivity index (χ1) is 8.72. The molecule has 0 radical (unpaired) electrons. The third-order valence-electron chi connectivity index (χ3n) is 3.91. The van der Waals surface area contributed by atoms with Crippen LogP contribution in [-0.4, -0.2) is 32.1 Å². The molecule has 100 valence electrons. The Morgan fingerprint density at radius 3 is 2.94 bits per heavy atom. The van der Waals surface area contributed by atoms with Crippen LogP contribution in [0.5, 0.6) is 0 Å². The van der Waals surface area contributed by atoms with Gasteiger partial charge in [0.05, 0.1) is 0 Å². The van der Waals surface area contributed by atoms with E-state index in [0.29, 0.717) is 12.0 Å². The van der Waals surface area contributed by atoms with E-state index in [1.54, 1.807) is 0 Å². The molecule has 1 aliphatic rings. The molecule has 0 aromatic heterocycles. The Kier molecular flexibility index (Phi) is 5.22. The lowest BCUT2D eigenvalue weighted by Crippen LogP contribution is -2.33. The zero-order valence-corrected chi connectivity index (χ0v) is 12.9. The second kappa shape index (κ2) is 6.69. The Hall–Kier alpha value is -0.380. The molecule has 1 fully saturated rings. The molecular weight excluding hydrogens is 288 g/mol. The van der Waals surface area contributed by atoms with E-state index in [-0.39, 0.29) is 0 Å². The summed E-state index contributed by atoms with van der Waals surface area (Å²) in [5.74, 6) is 0.705. The van der Waals surface area contributed by atoms with Crippen LogP contribution in [0.2, 0.25) is 0 Å². The SMILES string of the molecule is CNCC1CCCCN(C)C1c1cccc(Br)c1. The zero-order chi connectivity index (χ0) is 13.0. The molecule has 1 aromatic rings. The number of benzene rings is 1. The van der Waals surface area contributed by atoms with E-state index in [4.69, 9.17) is 0 Å². The van der Waals surface area contributed by atoms with Gasteiger partial charge in [0, 0.05) is 10.5 Å². The van der Waals surface area contributed by atoms with E-state index in [1.165, 1.54) is 35.8 Å². The van der Waals surface area contributed by atoms with Crippen molar-refractivity contribution in [2.24, 2.45) is 5.92 Å². The highest BCUT2D eigenvalue weighted by Gasteiger charge is 2.28. The fourth-order valence-corrected chi connectivity index (χ4v) is 3.53. The molecule has 2 rings (SSSR count). The Morgan fingerprint density at radius 2 is 2.22 bits per heavy atom. The number of nitrogens with zero attached hydrogens (tertiary/aromatic N) is 1. The molecule has 1 heterocycles. The third kappa shape index (κ3) is 3.34. The molecule has 0 spiro atoms. The molecule has 3 heteroatoms. The molecule has 2 unspecified atom stereocenters. The van der Waals surface area contributed by atoms with E-state index in [2.05, 4.69) is 64.5 Å². The molecule has 1 N–H and O–H groups in total. The Balaban J connectivity index is 2.28. The Bertz CT molecular complexity index is 381. The standard InChI is InChI=1S/C15H23BrN2/c1-17-11-13-6-3-4-9-18(2)15(13)12-7-5-8-14(16)10-12/h5,7-8,10,13,15,17H,3-4,6,9,11H2,1-2H3. The van der Waals surface area contributed by atoms with Gasteiger partial charge in [0.15, 0.2) is 0 Å². The summed E-state index contributed by atoms with van der Waals surface area (Å²) in [5.41, 5.74) is 1.44. The van der Waals surface area contributed by atoms with Crippen molar-refractivity contribution in [2.45, 2.75) is 25.3 Å². The quantitative estimate of drug-likeness (QED) is 0.920. The average Bonchev–Trinajstić information content (AvgIpc) is 2.52. The maximum Gasteiger partial charge on any atom is 0.0385 e. The normalized spacial score (nSPS) is 25.9. The van der Waals surface area contributed by atoms with Crippen LogP contribution in [0.3, 0.4) is 0 Å². The van der Waals surface area contributed by atoms with Gasteiger partial charge in [-0.2, -0.15) is 0 Å². The smallest absolute Gasteiger partial charge is 0.0385 e. The van der Waals surface area contributed by atoms with Crippen LogP contribution in [0.25, 0.3) is 0 Å². The Labute approximate surface area is 119 Å². The molecular formula is C15H23BrN2. The summed E-state index contributed by atoms with van der Waals surface area (Å²) < 4.78 is 1.18. The van der Waals surface area contributed by atoms with Crippen molar-refractivity contribution in [3.05, 3.63) is 34.3 Å². The molecule has 0 amide bonds. The van der Waals surface area contributed by atoms with E-state index >= 15 is 0 Å². The highest BCUT2D eigenvalue weighted by molar-refractivity contribution is 9.10. The highest BCUT2D eigenvalue weighted by atomic mass is 79.9. The van der Waals surface area contributed by atoms with Crippen LogP contribution < -0.4 is 5.32 Å². The van der Waals surface area contributed by atoms with Crippen LogP contribution in [0.15, 0.2) is 28.7 Å². The lowest BCUT2D eigenvalue weighted by atomic mass is 9.89. The fraction of sp³-hybridized carbons (Fsp3) is 0.600. The predicted octanol–water partition coefficient (Wildman–Crippen LogP) is 3.44. The first-order valence-corrected chi connectivity index (χ1v) is 7.62. The van der Waals surface area contributed by atoms with Gasteiger partial charge in [-0.3, -0.25) is 4.90 Å². The lowest BCUT2D eigenvalue weighted by molar-refractivity contribution is 0.191. The first kappa shape index (κ1) is 14.0. The highest BCUT2D eigenvalue weighted by Crippen LogP contribution is 2.34. The molecule has 0 bridgehead atoms. The van der Waals surface area contributed by atoms with Gasteiger partial charge < -0.3 is 5.32 Å². The van der Waals surface area contributed by atoms with Crippen LogP contribution in [0.1, 0.15) is 30.9 Å². The number of likely N-dealkylation sites (tertiary alicyclic amines) is 1. The molecule has 0 saturated carbocycles. The van der Waals surface area contributed by atoms with Gasteiger partial charge in [-0.15, -0.1) is 0 Å². The largest absolute Gasteiger partial charge is 0.319 e. The summed E-state index contributed by atoms with van der Waals surface area (Å²) in [6.07, 6.45) is 3.99. The summed E-state index contributed by atoms with van der Waals surface area (Å²) in [4.78, 5) is 2.52. The number of halogens is 1. The maximum absolute atomic E-state index is 3.59. The van der Waals surface area contributed by atoms with Crippen molar-refractivity contribution in [1.82, 2.24) is 10.2 Å². The van der Waals surface area contributed by atoms with E-state index < -0.39 is 0 Å². The number of rotatable bonds is 3. The second-order valence-electron chi connectivity index (χ2n) is 5.29. The van der Waals surface area contributed by atoms with Gasteiger partial charge in [0.25, 0.3) is 0 Å². The number of hydrogen-bond acceptors (Lipinski definition) is 2. The maximum atomic E-state index is 3.59. The minimum absolute atomic E-state index is 0.539. The van der Waals surface area contributed by atoms with Crippen LogP contribution in [0, 0.1) is 5.92 Å². The van der Waals surface area contributed by atoms with E-state index in [1.807, 2.05) is 0 Å². The second-order valence-corrected chi connectivity index (χ2v) is 6.21. The van der Waals surface area contributed by atoms with Gasteiger partial charge in [-0.25, -0.2) is 0 Å². The summed E-state index contributed by atoms with van der Waals surface area (Å²) in [6.45, 7) is 2.30. The van der Waals surface area contributed by atoms with Crippen molar-refractivity contribution in [3.63, 3.8) is 0 Å². The third-order valence-corrected chi connectivity index (χ3v) is 4.41. The van der Waals surface area contributed by atoms with E-state index in [0.717, 1.165) is 6.54 Å². The summed E-state index contributed by atoms with van der Waals surface area (Å²) in [6, 6.07) is 9.33. The Morgan fingerprint density at radius 1 is 1.39 bits per heavy atom. The summed E-state index contributed by atoms with van der Waals surface area (Å²) >= 11 is 3.59. The average molecular weight is 311 g/mol. The van der Waals surface area contributed by atoms with Crippen molar-refractivity contribution < 1.29 is 0 Å². The number of nitrogens with one attached hydrogen (secondary N) is 1. The zero-order valence-electron chi connectivity index (χ0n) is 11.3. The summed E-state index contributed by atoms with van der Waals surface area (Å²) in [7, 11) is 4.32. The monoisotopic (exact) mass is 310 g/mol. The van der Waals surface area contributed by atoms with Gasteiger partial charge >= 0.3 is 0 Å². The predicted molar refractivity (Wildman–Crippen MR) is 80.8 cm³/mol. The van der Waals surface area contributed by atoms with Crippen LogP contribution in [-0.2, 0) is 0 Å². The summed E-state index contributed by atoms with van der Waals surface area (Å²) in [5, 5.41) is 3.36. The van der Waals surface area contributed by atoms with Crippen molar-refractivity contribution in [1.29, 1.82) is 0 Å². The van der Waals surface area contributed by atoms with Crippen molar-refractivity contribution in [2.75, 3.05) is 27.2 Å². The molecule has 1 aromatic carbocycles. The fourth-order valence-electron chi connectivity index (χ4n) is 3.12. The molecule has 18 heavy (non-hydrogen) atoms. The van der Waals surface area contributed by atoms with Crippen LogP contribution >= 0.6 is 15.9 Å². The van der Waals surface area contributed by atoms with Crippen molar-refractivity contribution >= 4 is 15.9 Å². The molecule has 2 nitrogen and oxygen atoms in total. The lowest BCUT2D eigenvalue weighted by Gasteiger charge is -2.33. The van der Waals surface area contributed by atoms with Gasteiger partial charge in [-0.05, 0) is 63.6 Å². The minimum Gasteiger partial charge on any atom is -0.319 e. The first-order valence-electron chi connectivity index (χ1n) is 6.82. The van der Waals surface area contributed by atoms with E-state index in [9.17, 15) is 0 Å². The molecule has 2 atom stereocenters. The van der Waals surface area contributed by atoms with Gasteiger partial charge in [0.2, 0.25) is 0 Å². The number of hydrogen-bond donors (Lipinski definition) is 1. The van der Waals surface area contributed by atoms with Gasteiger partial charge in [-0.1, -0.05) is 34.5 Å². The van der Waals surface area contributed by atoms with Crippen LogP contribution in [0.4, 0.5) is 0 Å². The molecule has 1 aliphatic heterocycles.